The maximum Gasteiger partial charge on any atom is 0.194 e. The van der Waals surface area contributed by atoms with E-state index in [1.54, 1.807) is 13.2 Å². The Morgan fingerprint density at radius 3 is 2.71 bits per heavy atom. The summed E-state index contributed by atoms with van der Waals surface area (Å²) in [5.74, 6) is 1.82. The van der Waals surface area contributed by atoms with Crippen LogP contribution in [0.2, 0.25) is 0 Å². The van der Waals surface area contributed by atoms with E-state index in [4.69, 9.17) is 0 Å². The second kappa shape index (κ2) is 6.80. The summed E-state index contributed by atoms with van der Waals surface area (Å²) >= 11 is 3.50. The van der Waals surface area contributed by atoms with E-state index in [0.29, 0.717) is 6.54 Å². The van der Waals surface area contributed by atoms with Crippen molar-refractivity contribution in [3.05, 3.63) is 40.6 Å². The SMILES string of the molecule is CN=C(NCc1nccn1C)N(C)Cc1cc(Br)cn1C. The first-order valence-corrected chi connectivity index (χ1v) is 7.49. The molecule has 0 saturated heterocycles. The molecule has 2 heterocycles. The Bertz CT molecular complexity index is 627. The predicted molar refractivity (Wildman–Crippen MR) is 88.0 cm³/mol. The molecule has 0 radical (unpaired) electrons. The predicted octanol–water partition coefficient (Wildman–Crippen LogP) is 1.73. The number of hydrogen-bond donors (Lipinski definition) is 1. The topological polar surface area (TPSA) is 50.4 Å². The lowest BCUT2D eigenvalue weighted by Gasteiger charge is -2.22. The number of rotatable bonds is 4. The second-order valence-corrected chi connectivity index (χ2v) is 5.89. The smallest absolute Gasteiger partial charge is 0.194 e. The molecular formula is C14H21BrN6. The van der Waals surface area contributed by atoms with Crippen LogP contribution in [-0.2, 0) is 27.2 Å². The van der Waals surface area contributed by atoms with Crippen molar-refractivity contribution in [1.82, 2.24) is 24.3 Å². The highest BCUT2D eigenvalue weighted by atomic mass is 79.9. The lowest BCUT2D eigenvalue weighted by atomic mass is 10.4. The molecular weight excluding hydrogens is 332 g/mol. The Hall–Kier alpha value is -1.76. The molecule has 7 heteroatoms. The quantitative estimate of drug-likeness (QED) is 0.673. The first-order valence-electron chi connectivity index (χ1n) is 6.70. The Balaban J connectivity index is 1.97. The number of aryl methyl sites for hydroxylation is 2. The summed E-state index contributed by atoms with van der Waals surface area (Å²) in [6.07, 6.45) is 5.78. The first kappa shape index (κ1) is 15.6. The Labute approximate surface area is 133 Å². The van der Waals surface area contributed by atoms with Gasteiger partial charge in [0.05, 0.1) is 13.1 Å². The number of nitrogens with one attached hydrogen (secondary N) is 1. The number of imidazole rings is 1. The van der Waals surface area contributed by atoms with Crippen LogP contribution in [0.5, 0.6) is 0 Å². The van der Waals surface area contributed by atoms with Crippen molar-refractivity contribution in [1.29, 1.82) is 0 Å². The van der Waals surface area contributed by atoms with Crippen molar-refractivity contribution in [2.24, 2.45) is 19.1 Å². The van der Waals surface area contributed by atoms with Gasteiger partial charge >= 0.3 is 0 Å². The van der Waals surface area contributed by atoms with Gasteiger partial charge in [-0.2, -0.15) is 0 Å². The number of guanidine groups is 1. The van der Waals surface area contributed by atoms with Gasteiger partial charge in [-0.3, -0.25) is 4.99 Å². The summed E-state index contributed by atoms with van der Waals surface area (Å²) < 4.78 is 5.19. The second-order valence-electron chi connectivity index (χ2n) is 4.97. The third-order valence-electron chi connectivity index (χ3n) is 3.37. The van der Waals surface area contributed by atoms with Gasteiger partial charge in [0.1, 0.15) is 5.82 Å². The molecule has 0 fully saturated rings. The summed E-state index contributed by atoms with van der Waals surface area (Å²) in [7, 11) is 7.84. The molecule has 0 atom stereocenters. The summed E-state index contributed by atoms with van der Waals surface area (Å²) in [6, 6.07) is 2.11. The van der Waals surface area contributed by atoms with Crippen LogP contribution in [0.25, 0.3) is 0 Å². The normalized spacial score (nSPS) is 11.8. The van der Waals surface area contributed by atoms with Crippen molar-refractivity contribution in [3.8, 4) is 0 Å². The summed E-state index contributed by atoms with van der Waals surface area (Å²) in [5.41, 5.74) is 1.21. The third-order valence-corrected chi connectivity index (χ3v) is 3.81. The molecule has 0 aliphatic heterocycles. The molecule has 0 aromatic carbocycles. The van der Waals surface area contributed by atoms with E-state index in [1.165, 1.54) is 5.69 Å². The van der Waals surface area contributed by atoms with Gasteiger partial charge in [0.15, 0.2) is 5.96 Å². The zero-order valence-electron chi connectivity index (χ0n) is 12.8. The average molecular weight is 353 g/mol. The highest BCUT2D eigenvalue weighted by Gasteiger charge is 2.10. The summed E-state index contributed by atoms with van der Waals surface area (Å²) in [4.78, 5) is 10.7. The molecule has 0 saturated carbocycles. The van der Waals surface area contributed by atoms with Gasteiger partial charge in [0, 0.05) is 56.9 Å². The van der Waals surface area contributed by atoms with Crippen LogP contribution in [0.3, 0.4) is 0 Å². The highest BCUT2D eigenvalue weighted by Crippen LogP contribution is 2.14. The van der Waals surface area contributed by atoms with Crippen molar-refractivity contribution < 1.29 is 0 Å². The van der Waals surface area contributed by atoms with Gasteiger partial charge in [-0.05, 0) is 22.0 Å². The Kier molecular flexibility index (Phi) is 5.06. The molecule has 2 aromatic heterocycles. The van der Waals surface area contributed by atoms with Crippen molar-refractivity contribution in [3.63, 3.8) is 0 Å². The molecule has 114 valence electrons. The van der Waals surface area contributed by atoms with E-state index in [9.17, 15) is 0 Å². The van der Waals surface area contributed by atoms with E-state index < -0.39 is 0 Å². The van der Waals surface area contributed by atoms with Crippen LogP contribution in [0.1, 0.15) is 11.5 Å². The van der Waals surface area contributed by atoms with Gasteiger partial charge in [-0.1, -0.05) is 0 Å². The molecule has 0 aliphatic carbocycles. The Morgan fingerprint density at radius 2 is 2.19 bits per heavy atom. The van der Waals surface area contributed by atoms with Gasteiger partial charge in [0.25, 0.3) is 0 Å². The van der Waals surface area contributed by atoms with Gasteiger partial charge in [-0.15, -0.1) is 0 Å². The van der Waals surface area contributed by atoms with Crippen LogP contribution in [0.4, 0.5) is 0 Å². The summed E-state index contributed by atoms with van der Waals surface area (Å²) in [6.45, 7) is 1.43. The monoisotopic (exact) mass is 352 g/mol. The number of aliphatic imine (C=N–C) groups is 1. The number of halogens is 1. The maximum absolute atomic E-state index is 4.32. The first-order chi connectivity index (χ1) is 10.0. The highest BCUT2D eigenvalue weighted by molar-refractivity contribution is 9.10. The van der Waals surface area contributed by atoms with E-state index in [0.717, 1.165) is 22.8 Å². The minimum atomic E-state index is 0.650. The molecule has 0 amide bonds. The fourth-order valence-electron chi connectivity index (χ4n) is 2.15. The molecule has 2 rings (SSSR count). The molecule has 1 N–H and O–H groups in total. The Morgan fingerprint density at radius 1 is 1.43 bits per heavy atom. The zero-order valence-corrected chi connectivity index (χ0v) is 14.4. The lowest BCUT2D eigenvalue weighted by Crippen LogP contribution is -2.38. The fourth-order valence-corrected chi connectivity index (χ4v) is 2.72. The average Bonchev–Trinajstić information content (AvgIpc) is 2.97. The van der Waals surface area contributed by atoms with E-state index in [1.807, 2.05) is 38.1 Å². The van der Waals surface area contributed by atoms with E-state index in [2.05, 4.69) is 46.8 Å². The number of aromatic nitrogens is 3. The summed E-state index contributed by atoms with van der Waals surface area (Å²) in [5, 5.41) is 3.33. The molecule has 0 unspecified atom stereocenters. The fraction of sp³-hybridized carbons (Fsp3) is 0.429. The largest absolute Gasteiger partial charge is 0.352 e. The molecule has 0 bridgehead atoms. The minimum absolute atomic E-state index is 0.650. The van der Waals surface area contributed by atoms with Crippen LogP contribution < -0.4 is 5.32 Å². The maximum atomic E-state index is 4.32. The standard InChI is InChI=1S/C14H21BrN6/c1-16-14(18-8-13-17-5-6-19(13)2)21(4)10-12-7-11(15)9-20(12)3/h5-7,9H,8,10H2,1-4H3,(H,16,18). The van der Waals surface area contributed by atoms with Crippen LogP contribution in [0, 0.1) is 0 Å². The van der Waals surface area contributed by atoms with Gasteiger partial charge in [0.2, 0.25) is 0 Å². The number of hydrogen-bond acceptors (Lipinski definition) is 2. The van der Waals surface area contributed by atoms with Crippen molar-refractivity contribution in [2.75, 3.05) is 14.1 Å². The number of nitrogens with zero attached hydrogens (tertiary/aromatic N) is 5. The van der Waals surface area contributed by atoms with Crippen LogP contribution in [-0.4, -0.2) is 39.1 Å². The molecule has 6 nitrogen and oxygen atoms in total. The van der Waals surface area contributed by atoms with Gasteiger partial charge in [-0.25, -0.2) is 4.98 Å². The molecule has 2 aromatic rings. The van der Waals surface area contributed by atoms with Crippen molar-refractivity contribution >= 4 is 21.9 Å². The zero-order chi connectivity index (χ0) is 15.4. The molecule has 21 heavy (non-hydrogen) atoms. The molecule has 0 aliphatic rings. The van der Waals surface area contributed by atoms with Gasteiger partial charge < -0.3 is 19.4 Å². The van der Waals surface area contributed by atoms with Crippen molar-refractivity contribution in [2.45, 2.75) is 13.1 Å². The van der Waals surface area contributed by atoms with E-state index in [-0.39, 0.29) is 0 Å². The van der Waals surface area contributed by atoms with Crippen LogP contribution >= 0.6 is 15.9 Å². The van der Waals surface area contributed by atoms with Crippen LogP contribution in [0.15, 0.2) is 34.1 Å². The minimum Gasteiger partial charge on any atom is -0.352 e. The lowest BCUT2D eigenvalue weighted by molar-refractivity contribution is 0.460. The van der Waals surface area contributed by atoms with E-state index >= 15 is 0 Å². The molecule has 0 spiro atoms. The third kappa shape index (κ3) is 3.87.